The Bertz CT molecular complexity index is 435. The molecule has 100 valence electrons. The predicted molar refractivity (Wildman–Crippen MR) is 66.1 cm³/mol. The molecule has 1 aromatic carbocycles. The van der Waals surface area contributed by atoms with Crippen molar-refractivity contribution in [2.75, 3.05) is 7.11 Å². The molecule has 1 aromatic rings. The topological polar surface area (TPSA) is 46.5 Å². The van der Waals surface area contributed by atoms with Crippen LogP contribution in [0.2, 0.25) is 0 Å². The molecular weight excluding hydrogens is 310 g/mol. The summed E-state index contributed by atoms with van der Waals surface area (Å²) in [5.74, 6) is -3.65. The van der Waals surface area contributed by atoms with Crippen LogP contribution in [-0.2, 0) is 10.7 Å². The van der Waals surface area contributed by atoms with Gasteiger partial charge >= 0.3 is 5.97 Å². The fraction of sp³-hybridized carbons (Fsp3) is 0.417. The van der Waals surface area contributed by atoms with Gasteiger partial charge in [-0.1, -0.05) is 15.9 Å². The molecule has 1 rings (SSSR count). The largest absolute Gasteiger partial charge is 0.497 e. The van der Waals surface area contributed by atoms with E-state index in [2.05, 4.69) is 15.9 Å². The molecule has 3 nitrogen and oxygen atoms in total. The molecule has 0 atom stereocenters. The average Bonchev–Trinajstić information content (AvgIpc) is 2.27. The zero-order valence-corrected chi connectivity index (χ0v) is 11.3. The van der Waals surface area contributed by atoms with Crippen LogP contribution in [0, 0.1) is 0 Å². The van der Waals surface area contributed by atoms with Crippen molar-refractivity contribution in [2.24, 2.45) is 0 Å². The first-order chi connectivity index (χ1) is 8.36. The third kappa shape index (κ3) is 3.94. The first-order valence-corrected chi connectivity index (χ1v) is 6.10. The second-order valence-corrected chi connectivity index (χ2v) is 4.65. The number of ether oxygens (including phenoxy) is 1. The molecule has 0 bridgehead atoms. The Labute approximate surface area is 112 Å². The Balaban J connectivity index is 2.80. The summed E-state index contributed by atoms with van der Waals surface area (Å²) in [5.41, 5.74) is -0.159. The van der Waals surface area contributed by atoms with Gasteiger partial charge < -0.3 is 9.84 Å². The molecule has 0 saturated heterocycles. The average molecular weight is 323 g/mol. The fourth-order valence-corrected chi connectivity index (χ4v) is 2.16. The quantitative estimate of drug-likeness (QED) is 0.866. The van der Waals surface area contributed by atoms with Gasteiger partial charge in [-0.15, -0.1) is 0 Å². The van der Waals surface area contributed by atoms with Crippen LogP contribution < -0.4 is 4.74 Å². The molecular formula is C12H13BrF2O3. The number of carboxylic acids is 1. The number of hydrogen-bond acceptors (Lipinski definition) is 2. The Kier molecular flexibility index (Phi) is 5.07. The molecule has 0 amide bonds. The smallest absolute Gasteiger partial charge is 0.303 e. The number of hydrogen-bond donors (Lipinski definition) is 1. The third-order valence-electron chi connectivity index (χ3n) is 2.45. The molecule has 0 fully saturated rings. The lowest BCUT2D eigenvalue weighted by molar-refractivity contribution is -0.137. The van der Waals surface area contributed by atoms with Crippen LogP contribution in [-0.4, -0.2) is 18.2 Å². The number of aliphatic carboxylic acids is 1. The molecule has 0 heterocycles. The standard InChI is InChI=1S/C12H13BrF2O3/c1-18-8-4-5-9(10(13)7-8)12(14,15)6-2-3-11(16)17/h4-5,7H,2-3,6H2,1H3,(H,16,17). The molecule has 0 aliphatic heterocycles. The van der Waals surface area contributed by atoms with Crippen molar-refractivity contribution in [1.29, 1.82) is 0 Å². The molecule has 0 unspecified atom stereocenters. The van der Waals surface area contributed by atoms with Gasteiger partial charge in [0.05, 0.1) is 7.11 Å². The van der Waals surface area contributed by atoms with Gasteiger partial charge in [-0.05, 0) is 24.6 Å². The van der Waals surface area contributed by atoms with E-state index in [-0.39, 0.29) is 22.9 Å². The lowest BCUT2D eigenvalue weighted by atomic mass is 10.0. The Morgan fingerprint density at radius 3 is 2.67 bits per heavy atom. The number of carboxylic acid groups (broad SMARTS) is 1. The second-order valence-electron chi connectivity index (χ2n) is 3.80. The molecule has 0 aromatic heterocycles. The van der Waals surface area contributed by atoms with Gasteiger partial charge in [-0.3, -0.25) is 4.79 Å². The highest BCUT2D eigenvalue weighted by Crippen LogP contribution is 2.39. The number of methoxy groups -OCH3 is 1. The highest BCUT2D eigenvalue weighted by molar-refractivity contribution is 9.10. The monoisotopic (exact) mass is 322 g/mol. The zero-order valence-electron chi connectivity index (χ0n) is 9.75. The van der Waals surface area contributed by atoms with Gasteiger partial charge in [0.15, 0.2) is 0 Å². The highest BCUT2D eigenvalue weighted by atomic mass is 79.9. The highest BCUT2D eigenvalue weighted by Gasteiger charge is 2.33. The van der Waals surface area contributed by atoms with E-state index in [1.54, 1.807) is 0 Å². The summed E-state index contributed by atoms with van der Waals surface area (Å²) >= 11 is 3.07. The van der Waals surface area contributed by atoms with Gasteiger partial charge in [-0.2, -0.15) is 0 Å². The van der Waals surface area contributed by atoms with Crippen molar-refractivity contribution in [1.82, 2.24) is 0 Å². The lowest BCUT2D eigenvalue weighted by Crippen LogP contribution is -2.14. The van der Waals surface area contributed by atoms with Crippen LogP contribution in [0.25, 0.3) is 0 Å². The van der Waals surface area contributed by atoms with Crippen LogP contribution >= 0.6 is 15.9 Å². The third-order valence-corrected chi connectivity index (χ3v) is 3.11. The summed E-state index contributed by atoms with van der Waals surface area (Å²) in [5, 5.41) is 8.43. The zero-order chi connectivity index (χ0) is 13.8. The molecule has 6 heteroatoms. The number of halogens is 3. The maximum absolute atomic E-state index is 13.8. The first-order valence-electron chi connectivity index (χ1n) is 5.30. The molecule has 0 aliphatic carbocycles. The van der Waals surface area contributed by atoms with E-state index in [1.807, 2.05) is 0 Å². The minimum Gasteiger partial charge on any atom is -0.497 e. The molecule has 0 saturated carbocycles. The van der Waals surface area contributed by atoms with E-state index in [0.717, 1.165) is 0 Å². The van der Waals surface area contributed by atoms with Gasteiger partial charge in [0.25, 0.3) is 5.92 Å². The number of carbonyl (C=O) groups is 1. The van der Waals surface area contributed by atoms with Crippen molar-refractivity contribution in [3.05, 3.63) is 28.2 Å². The van der Waals surface area contributed by atoms with Gasteiger partial charge in [0, 0.05) is 22.9 Å². The summed E-state index contributed by atoms with van der Waals surface area (Å²) in [6.07, 6.45) is -0.825. The van der Waals surface area contributed by atoms with E-state index < -0.39 is 18.3 Å². The van der Waals surface area contributed by atoms with Crippen LogP contribution in [0.3, 0.4) is 0 Å². The Morgan fingerprint density at radius 1 is 1.50 bits per heavy atom. The van der Waals surface area contributed by atoms with Gasteiger partial charge in [0.1, 0.15) is 5.75 Å². The summed E-state index contributed by atoms with van der Waals surface area (Å²) < 4.78 is 32.9. The van der Waals surface area contributed by atoms with E-state index >= 15 is 0 Å². The van der Waals surface area contributed by atoms with Gasteiger partial charge in [-0.25, -0.2) is 8.78 Å². The normalized spacial score (nSPS) is 11.3. The second kappa shape index (κ2) is 6.13. The van der Waals surface area contributed by atoms with Crippen molar-refractivity contribution in [2.45, 2.75) is 25.2 Å². The summed E-state index contributed by atoms with van der Waals surface area (Å²) in [6.45, 7) is 0. The van der Waals surface area contributed by atoms with Crippen LogP contribution in [0.4, 0.5) is 8.78 Å². The number of alkyl halides is 2. The minimum absolute atomic E-state index is 0.0686. The summed E-state index contributed by atoms with van der Waals surface area (Å²) in [6, 6.07) is 4.19. The first kappa shape index (κ1) is 14.9. The molecule has 18 heavy (non-hydrogen) atoms. The van der Waals surface area contributed by atoms with E-state index in [1.165, 1.54) is 25.3 Å². The van der Waals surface area contributed by atoms with Crippen LogP contribution in [0.1, 0.15) is 24.8 Å². The fourth-order valence-electron chi connectivity index (χ4n) is 1.52. The number of rotatable bonds is 6. The lowest BCUT2D eigenvalue weighted by Gasteiger charge is -2.18. The van der Waals surface area contributed by atoms with Crippen molar-refractivity contribution >= 4 is 21.9 Å². The Morgan fingerprint density at radius 2 is 2.17 bits per heavy atom. The SMILES string of the molecule is COc1ccc(C(F)(F)CCCC(=O)O)c(Br)c1. The Hall–Kier alpha value is -1.17. The van der Waals surface area contributed by atoms with Crippen molar-refractivity contribution in [3.63, 3.8) is 0 Å². The van der Waals surface area contributed by atoms with E-state index in [4.69, 9.17) is 9.84 Å². The van der Waals surface area contributed by atoms with E-state index in [9.17, 15) is 13.6 Å². The summed E-state index contributed by atoms with van der Waals surface area (Å²) in [7, 11) is 1.45. The predicted octanol–water partition coefficient (Wildman–Crippen LogP) is 3.80. The summed E-state index contributed by atoms with van der Waals surface area (Å²) in [4.78, 5) is 10.3. The maximum atomic E-state index is 13.8. The van der Waals surface area contributed by atoms with Crippen LogP contribution in [0.5, 0.6) is 5.75 Å². The molecule has 0 aliphatic rings. The van der Waals surface area contributed by atoms with E-state index in [0.29, 0.717) is 5.75 Å². The van der Waals surface area contributed by atoms with Crippen LogP contribution in [0.15, 0.2) is 22.7 Å². The van der Waals surface area contributed by atoms with Crippen molar-refractivity contribution < 1.29 is 23.4 Å². The molecule has 1 N–H and O–H groups in total. The molecule has 0 spiro atoms. The number of benzene rings is 1. The maximum Gasteiger partial charge on any atom is 0.303 e. The minimum atomic E-state index is -3.06. The van der Waals surface area contributed by atoms with Gasteiger partial charge in [0.2, 0.25) is 0 Å². The molecule has 0 radical (unpaired) electrons. The van der Waals surface area contributed by atoms with Crippen molar-refractivity contribution in [3.8, 4) is 5.75 Å².